The summed E-state index contributed by atoms with van der Waals surface area (Å²) in [5, 5.41) is 3.48. The van der Waals surface area contributed by atoms with E-state index in [9.17, 15) is 8.42 Å². The first-order chi connectivity index (χ1) is 9.19. The number of sulfone groups is 1. The van der Waals surface area contributed by atoms with Gasteiger partial charge in [-0.05, 0) is 53.6 Å². The van der Waals surface area contributed by atoms with E-state index in [-0.39, 0.29) is 5.75 Å². The molecule has 1 fully saturated rings. The molecule has 0 spiro atoms. The van der Waals surface area contributed by atoms with E-state index in [4.69, 9.17) is 0 Å². The van der Waals surface area contributed by atoms with E-state index in [0.717, 1.165) is 13.1 Å². The van der Waals surface area contributed by atoms with Gasteiger partial charge in [0.15, 0.2) is 9.84 Å². The summed E-state index contributed by atoms with van der Waals surface area (Å²) in [7, 11) is -3.02. The summed E-state index contributed by atoms with van der Waals surface area (Å²) in [4.78, 5) is 2.38. The molecule has 0 aromatic carbocycles. The van der Waals surface area contributed by atoms with Crippen molar-refractivity contribution in [3.8, 4) is 0 Å². The number of likely N-dealkylation sites (tertiary alicyclic amines) is 1. The van der Waals surface area contributed by atoms with Gasteiger partial charge in [-0.25, -0.2) is 8.42 Å². The summed E-state index contributed by atoms with van der Waals surface area (Å²) in [6, 6.07) is 0.900. The summed E-state index contributed by atoms with van der Waals surface area (Å²) in [5.41, 5.74) is 0. The van der Waals surface area contributed by atoms with Crippen LogP contribution in [0.25, 0.3) is 0 Å². The van der Waals surface area contributed by atoms with Crippen molar-refractivity contribution in [2.24, 2.45) is 0 Å². The van der Waals surface area contributed by atoms with Crippen LogP contribution < -0.4 is 5.32 Å². The third-order valence-electron chi connectivity index (χ3n) is 4.35. The molecule has 1 heterocycles. The number of hydrogen-bond donors (Lipinski definition) is 1. The van der Waals surface area contributed by atoms with E-state index in [1.807, 2.05) is 0 Å². The quantitative estimate of drug-likeness (QED) is 0.816. The summed E-state index contributed by atoms with van der Waals surface area (Å²) in [6.45, 7) is 12.4. The van der Waals surface area contributed by atoms with E-state index in [2.05, 4.69) is 24.1 Å². The topological polar surface area (TPSA) is 49.4 Å². The van der Waals surface area contributed by atoms with Crippen LogP contribution in [0.2, 0.25) is 0 Å². The first-order valence-electron chi connectivity index (χ1n) is 7.89. The standard InChI is InChI=1S/C15H32N2O2S/c1-6-16-13(2)14-9-7-8-10-17(14)11-12-20(18,19)15(3,4)5/h13-14,16H,6-12H2,1-5H3. The van der Waals surface area contributed by atoms with Crippen LogP contribution in [0, 0.1) is 0 Å². The zero-order valence-electron chi connectivity index (χ0n) is 13.8. The molecule has 0 radical (unpaired) electrons. The van der Waals surface area contributed by atoms with Crippen molar-refractivity contribution in [2.75, 3.05) is 25.4 Å². The first-order valence-corrected chi connectivity index (χ1v) is 9.54. The van der Waals surface area contributed by atoms with Crippen LogP contribution in [0.15, 0.2) is 0 Å². The molecule has 0 amide bonds. The Balaban J connectivity index is 2.64. The van der Waals surface area contributed by atoms with Crippen LogP contribution in [-0.2, 0) is 9.84 Å². The van der Waals surface area contributed by atoms with Crippen molar-refractivity contribution >= 4 is 9.84 Å². The lowest BCUT2D eigenvalue weighted by atomic mass is 9.96. The SMILES string of the molecule is CCNC(C)C1CCCCN1CCS(=O)(=O)C(C)(C)C. The van der Waals surface area contributed by atoms with Crippen molar-refractivity contribution in [1.29, 1.82) is 0 Å². The summed E-state index contributed by atoms with van der Waals surface area (Å²) in [5.74, 6) is 0.270. The van der Waals surface area contributed by atoms with Crippen molar-refractivity contribution < 1.29 is 8.42 Å². The molecule has 0 saturated carbocycles. The summed E-state index contributed by atoms with van der Waals surface area (Å²) < 4.78 is 23.9. The zero-order valence-corrected chi connectivity index (χ0v) is 14.6. The average molecular weight is 305 g/mol. The predicted molar refractivity (Wildman–Crippen MR) is 85.9 cm³/mol. The average Bonchev–Trinajstić information content (AvgIpc) is 2.35. The van der Waals surface area contributed by atoms with Gasteiger partial charge in [0, 0.05) is 18.6 Å². The second-order valence-corrected chi connectivity index (χ2v) is 9.74. The van der Waals surface area contributed by atoms with Crippen LogP contribution in [0.1, 0.15) is 53.9 Å². The number of nitrogens with one attached hydrogen (secondary N) is 1. The fourth-order valence-corrected chi connectivity index (χ4v) is 3.95. The molecule has 0 aliphatic carbocycles. The Kier molecular flexibility index (Phi) is 6.48. The smallest absolute Gasteiger partial charge is 0.156 e. The minimum absolute atomic E-state index is 0.270. The zero-order chi connectivity index (χ0) is 15.4. The van der Waals surface area contributed by atoms with Gasteiger partial charge in [-0.15, -0.1) is 0 Å². The second-order valence-electron chi connectivity index (χ2n) is 6.88. The molecule has 20 heavy (non-hydrogen) atoms. The molecule has 1 saturated heterocycles. The molecule has 120 valence electrons. The van der Waals surface area contributed by atoms with Gasteiger partial charge in [-0.2, -0.15) is 0 Å². The Hall–Kier alpha value is -0.130. The van der Waals surface area contributed by atoms with E-state index in [1.165, 1.54) is 19.3 Å². The molecule has 2 atom stereocenters. The molecule has 0 aromatic rings. The Bertz CT molecular complexity index is 387. The minimum atomic E-state index is -3.02. The Morgan fingerprint density at radius 3 is 2.50 bits per heavy atom. The predicted octanol–water partition coefficient (Wildman–Crippen LogP) is 2.05. The first kappa shape index (κ1) is 17.9. The Morgan fingerprint density at radius 2 is 1.95 bits per heavy atom. The number of rotatable bonds is 6. The monoisotopic (exact) mass is 304 g/mol. The normalized spacial score (nSPS) is 23.8. The van der Waals surface area contributed by atoms with Crippen molar-refractivity contribution in [3.05, 3.63) is 0 Å². The molecular formula is C15H32N2O2S. The summed E-state index contributed by atoms with van der Waals surface area (Å²) in [6.07, 6.45) is 3.61. The van der Waals surface area contributed by atoms with Gasteiger partial charge < -0.3 is 5.32 Å². The van der Waals surface area contributed by atoms with Crippen LogP contribution in [0.4, 0.5) is 0 Å². The molecule has 0 bridgehead atoms. The van der Waals surface area contributed by atoms with Crippen molar-refractivity contribution in [2.45, 2.75) is 70.7 Å². The van der Waals surface area contributed by atoms with E-state index in [0.29, 0.717) is 18.6 Å². The van der Waals surface area contributed by atoms with Crippen molar-refractivity contribution in [3.63, 3.8) is 0 Å². The van der Waals surface area contributed by atoms with Crippen LogP contribution in [0.5, 0.6) is 0 Å². The lowest BCUT2D eigenvalue weighted by Gasteiger charge is -2.39. The van der Waals surface area contributed by atoms with Crippen LogP contribution in [0.3, 0.4) is 0 Å². The number of nitrogens with zero attached hydrogens (tertiary/aromatic N) is 1. The number of hydrogen-bond acceptors (Lipinski definition) is 4. The largest absolute Gasteiger partial charge is 0.313 e. The maximum Gasteiger partial charge on any atom is 0.156 e. The van der Waals surface area contributed by atoms with Crippen LogP contribution in [-0.4, -0.2) is 55.5 Å². The molecule has 2 unspecified atom stereocenters. The highest BCUT2D eigenvalue weighted by Gasteiger charge is 2.32. The Morgan fingerprint density at radius 1 is 1.30 bits per heavy atom. The molecule has 0 aromatic heterocycles. The fraction of sp³-hybridized carbons (Fsp3) is 1.00. The van der Waals surface area contributed by atoms with Crippen LogP contribution >= 0.6 is 0 Å². The summed E-state index contributed by atoms with van der Waals surface area (Å²) >= 11 is 0. The number of likely N-dealkylation sites (N-methyl/N-ethyl adjacent to an activating group) is 1. The maximum absolute atomic E-state index is 12.3. The Labute approximate surface area is 125 Å². The molecule has 1 rings (SSSR count). The third kappa shape index (κ3) is 4.71. The number of piperidine rings is 1. The van der Waals surface area contributed by atoms with Gasteiger partial charge >= 0.3 is 0 Å². The van der Waals surface area contributed by atoms with E-state index < -0.39 is 14.6 Å². The lowest BCUT2D eigenvalue weighted by Crippen LogP contribution is -2.52. The van der Waals surface area contributed by atoms with Gasteiger partial charge in [-0.1, -0.05) is 13.3 Å². The second kappa shape index (κ2) is 7.23. The van der Waals surface area contributed by atoms with Gasteiger partial charge in [-0.3, -0.25) is 4.90 Å². The van der Waals surface area contributed by atoms with E-state index >= 15 is 0 Å². The molecule has 1 aliphatic rings. The molecule has 5 heteroatoms. The fourth-order valence-electron chi connectivity index (χ4n) is 2.86. The van der Waals surface area contributed by atoms with Gasteiger partial charge in [0.1, 0.15) is 0 Å². The van der Waals surface area contributed by atoms with Gasteiger partial charge in [0.2, 0.25) is 0 Å². The lowest BCUT2D eigenvalue weighted by molar-refractivity contribution is 0.127. The molecular weight excluding hydrogens is 272 g/mol. The van der Waals surface area contributed by atoms with Crippen molar-refractivity contribution in [1.82, 2.24) is 10.2 Å². The molecule has 4 nitrogen and oxygen atoms in total. The van der Waals surface area contributed by atoms with Gasteiger partial charge in [0.25, 0.3) is 0 Å². The highest BCUT2D eigenvalue weighted by molar-refractivity contribution is 7.92. The highest BCUT2D eigenvalue weighted by Crippen LogP contribution is 2.21. The van der Waals surface area contributed by atoms with Gasteiger partial charge in [0.05, 0.1) is 10.5 Å². The highest BCUT2D eigenvalue weighted by atomic mass is 32.2. The molecule has 1 N–H and O–H groups in total. The van der Waals surface area contributed by atoms with E-state index in [1.54, 1.807) is 20.8 Å². The molecule has 1 aliphatic heterocycles. The minimum Gasteiger partial charge on any atom is -0.313 e. The third-order valence-corrected chi connectivity index (χ3v) is 6.93. The maximum atomic E-state index is 12.3.